The van der Waals surface area contributed by atoms with Gasteiger partial charge in [-0.3, -0.25) is 4.57 Å². The lowest BCUT2D eigenvalue weighted by Crippen LogP contribution is -2.37. The van der Waals surface area contributed by atoms with Crippen LogP contribution >= 0.6 is 23.2 Å². The van der Waals surface area contributed by atoms with Gasteiger partial charge in [0, 0.05) is 16.8 Å². The van der Waals surface area contributed by atoms with E-state index in [0.717, 1.165) is 4.68 Å². The number of benzene rings is 1. The lowest BCUT2D eigenvalue weighted by molar-refractivity contribution is -0.207. The normalized spacial score (nSPS) is 13.3. The van der Waals surface area contributed by atoms with Crippen molar-refractivity contribution in [2.45, 2.75) is 38.4 Å². The van der Waals surface area contributed by atoms with E-state index in [2.05, 4.69) is 20.2 Å². The van der Waals surface area contributed by atoms with Crippen LogP contribution in [0.5, 0.6) is 0 Å². The highest BCUT2D eigenvalue weighted by atomic mass is 35.5. The number of nitrogens with two attached hydrogens (primary N) is 1. The molecule has 39 heavy (non-hydrogen) atoms. The summed E-state index contributed by atoms with van der Waals surface area (Å²) in [4.78, 5) is 33.0. The molecule has 0 fully saturated rings. The Bertz CT molecular complexity index is 1550. The number of primary amides is 1. The van der Waals surface area contributed by atoms with E-state index >= 15 is 0 Å². The quantitative estimate of drug-likeness (QED) is 0.319. The van der Waals surface area contributed by atoms with Gasteiger partial charge in [-0.1, -0.05) is 23.2 Å². The smallest absolute Gasteiger partial charge is 0.416 e. The number of aliphatic hydroxyl groups is 1. The molecule has 0 saturated carbocycles. The monoisotopic (exact) mass is 586 g/mol. The minimum absolute atomic E-state index is 0.0438. The first-order chi connectivity index (χ1) is 18.3. The molecule has 0 aliphatic carbocycles. The van der Waals surface area contributed by atoms with Gasteiger partial charge in [0.1, 0.15) is 6.54 Å². The van der Waals surface area contributed by atoms with Crippen molar-refractivity contribution in [3.05, 3.63) is 74.8 Å². The molecule has 0 aliphatic rings. The molecule has 17 heteroatoms. The van der Waals surface area contributed by atoms with Gasteiger partial charge in [0.15, 0.2) is 35.5 Å². The van der Waals surface area contributed by atoms with Crippen LogP contribution in [0.2, 0.25) is 10.0 Å². The van der Waals surface area contributed by atoms with Crippen LogP contribution in [0, 0.1) is 0 Å². The first-order valence-electron chi connectivity index (χ1n) is 11.1. The van der Waals surface area contributed by atoms with E-state index < -0.39 is 43.3 Å². The van der Waals surface area contributed by atoms with E-state index in [-0.39, 0.29) is 33.9 Å². The zero-order valence-electron chi connectivity index (χ0n) is 19.9. The van der Waals surface area contributed by atoms with Crippen LogP contribution in [0.1, 0.15) is 24.7 Å². The number of carbonyl (C=O) groups excluding carboxylic acids is 1. The molecule has 1 aromatic carbocycles. The number of carbonyl (C=O) groups is 1. The Morgan fingerprint density at radius 2 is 1.87 bits per heavy atom. The molecule has 0 bridgehead atoms. The van der Waals surface area contributed by atoms with Gasteiger partial charge in [-0.05, 0) is 43.3 Å². The Hall–Kier alpha value is -3.95. The van der Waals surface area contributed by atoms with Crippen molar-refractivity contribution in [3.8, 4) is 17.2 Å². The molecule has 4 rings (SSSR count). The average molecular weight is 587 g/mol. The zero-order chi connectivity index (χ0) is 28.5. The second-order valence-corrected chi connectivity index (χ2v) is 8.97. The number of hydrogen-bond acceptors (Lipinski definition) is 8. The zero-order valence-corrected chi connectivity index (χ0v) is 21.4. The number of pyridine rings is 1. The molecule has 3 heterocycles. The van der Waals surface area contributed by atoms with E-state index in [1.165, 1.54) is 48.1 Å². The SMILES string of the molecule is C[C@@H](OC(N)=O)c1nc(Cn2nc(-c3ccc(Cl)cc3)n(C[C@H](O)C(F)(F)F)c2=O)nn1-c1ncccc1Cl. The second kappa shape index (κ2) is 11.0. The molecule has 3 N–H and O–H groups in total. The second-order valence-electron chi connectivity index (χ2n) is 8.12. The lowest BCUT2D eigenvalue weighted by atomic mass is 10.2. The molecular weight excluding hydrogens is 568 g/mol. The van der Waals surface area contributed by atoms with E-state index in [4.69, 9.17) is 33.7 Å². The van der Waals surface area contributed by atoms with Gasteiger partial charge in [-0.2, -0.15) is 17.9 Å². The number of halogens is 5. The number of alkyl halides is 3. The molecule has 2 atom stereocenters. The predicted octanol–water partition coefficient (Wildman–Crippen LogP) is 3.12. The summed E-state index contributed by atoms with van der Waals surface area (Å²) in [5.74, 6) is -0.0293. The van der Waals surface area contributed by atoms with Gasteiger partial charge in [0.25, 0.3) is 0 Å². The minimum atomic E-state index is -4.98. The molecule has 0 unspecified atom stereocenters. The molecule has 4 aromatic rings. The Kier molecular flexibility index (Phi) is 7.94. The maximum atomic E-state index is 13.2. The van der Waals surface area contributed by atoms with E-state index in [9.17, 15) is 27.9 Å². The maximum Gasteiger partial charge on any atom is 0.416 e. The van der Waals surface area contributed by atoms with E-state index in [1.54, 1.807) is 6.07 Å². The molecule has 3 aromatic heterocycles. The highest BCUT2D eigenvalue weighted by Gasteiger charge is 2.39. The summed E-state index contributed by atoms with van der Waals surface area (Å²) in [6.07, 6.45) is -8.49. The highest BCUT2D eigenvalue weighted by molar-refractivity contribution is 6.32. The fourth-order valence-corrected chi connectivity index (χ4v) is 3.87. The largest absolute Gasteiger partial charge is 0.438 e. The summed E-state index contributed by atoms with van der Waals surface area (Å²) in [6, 6.07) is 8.97. The predicted molar refractivity (Wildman–Crippen MR) is 131 cm³/mol. The molecule has 206 valence electrons. The van der Waals surface area contributed by atoms with Gasteiger partial charge in [-0.25, -0.2) is 24.2 Å². The minimum Gasteiger partial charge on any atom is -0.438 e. The summed E-state index contributed by atoms with van der Waals surface area (Å²) in [5, 5.41) is 18.7. The summed E-state index contributed by atoms with van der Waals surface area (Å²) < 4.78 is 47.1. The third kappa shape index (κ3) is 6.21. The van der Waals surface area contributed by atoms with Gasteiger partial charge in [0.05, 0.1) is 11.6 Å². The number of rotatable bonds is 8. The molecular formula is C22H19Cl2F3N8O4. The topological polar surface area (TPSA) is 156 Å². The van der Waals surface area contributed by atoms with Crippen molar-refractivity contribution in [3.63, 3.8) is 0 Å². The van der Waals surface area contributed by atoms with Crippen molar-refractivity contribution in [1.29, 1.82) is 0 Å². The van der Waals surface area contributed by atoms with Crippen molar-refractivity contribution in [2.24, 2.45) is 5.73 Å². The Labute approximate surface area is 227 Å². The molecule has 12 nitrogen and oxygen atoms in total. The number of aromatic nitrogens is 7. The van der Waals surface area contributed by atoms with Gasteiger partial charge < -0.3 is 15.6 Å². The van der Waals surface area contributed by atoms with Crippen LogP contribution in [0.4, 0.5) is 18.0 Å². The van der Waals surface area contributed by atoms with Crippen molar-refractivity contribution in [1.82, 2.24) is 34.1 Å². The third-order valence-corrected chi connectivity index (χ3v) is 5.87. The number of hydrogen-bond donors (Lipinski definition) is 2. The number of nitrogens with zero attached hydrogens (tertiary/aromatic N) is 7. The van der Waals surface area contributed by atoms with Crippen molar-refractivity contribution >= 4 is 29.3 Å². The first kappa shape index (κ1) is 28.1. The Morgan fingerprint density at radius 3 is 2.49 bits per heavy atom. The summed E-state index contributed by atoms with van der Waals surface area (Å²) in [7, 11) is 0. The number of ether oxygens (including phenoxy) is 1. The lowest BCUT2D eigenvalue weighted by Gasteiger charge is -2.15. The van der Waals surface area contributed by atoms with E-state index in [1.807, 2.05) is 0 Å². The van der Waals surface area contributed by atoms with Crippen LogP contribution in [0.15, 0.2) is 47.4 Å². The fraction of sp³-hybridized carbons (Fsp3) is 0.273. The third-order valence-electron chi connectivity index (χ3n) is 5.32. The standard InChI is InChI=1S/C22H19Cl2F3N8O4/c1-11(39-20(28)37)17-30-16(31-35(17)19-14(24)3-2-8-29-19)10-34-21(38)33(9-15(36)22(25,26)27)18(32-34)12-4-6-13(23)7-5-12/h2-8,11,15,36H,9-10H2,1H3,(H2,28,37)/t11-,15+/m1/s1. The molecule has 0 spiro atoms. The van der Waals surface area contributed by atoms with Crippen LogP contribution in [0.3, 0.4) is 0 Å². The van der Waals surface area contributed by atoms with Crippen molar-refractivity contribution < 1.29 is 27.8 Å². The molecule has 0 aliphatic heterocycles. The molecule has 0 radical (unpaired) electrons. The summed E-state index contributed by atoms with van der Waals surface area (Å²) in [5.41, 5.74) is 4.42. The van der Waals surface area contributed by atoms with Gasteiger partial charge in [-0.15, -0.1) is 10.2 Å². The van der Waals surface area contributed by atoms with E-state index in [0.29, 0.717) is 9.59 Å². The fourth-order valence-electron chi connectivity index (χ4n) is 3.55. The van der Waals surface area contributed by atoms with Crippen LogP contribution in [-0.4, -0.2) is 57.6 Å². The average Bonchev–Trinajstić information content (AvgIpc) is 3.41. The first-order valence-corrected chi connectivity index (χ1v) is 11.8. The summed E-state index contributed by atoms with van der Waals surface area (Å²) >= 11 is 12.2. The Balaban J connectivity index is 1.79. The maximum absolute atomic E-state index is 13.2. The summed E-state index contributed by atoms with van der Waals surface area (Å²) in [6.45, 7) is -0.0628. The molecule has 1 amide bonds. The highest BCUT2D eigenvalue weighted by Crippen LogP contribution is 2.25. The van der Waals surface area contributed by atoms with Crippen LogP contribution in [-0.2, 0) is 17.8 Å². The van der Waals surface area contributed by atoms with Crippen LogP contribution in [0.25, 0.3) is 17.2 Å². The number of amides is 1. The van der Waals surface area contributed by atoms with Crippen molar-refractivity contribution in [2.75, 3.05) is 0 Å². The van der Waals surface area contributed by atoms with Gasteiger partial charge in [0.2, 0.25) is 0 Å². The van der Waals surface area contributed by atoms with Crippen LogP contribution < -0.4 is 11.4 Å². The van der Waals surface area contributed by atoms with Gasteiger partial charge >= 0.3 is 18.0 Å². The Morgan fingerprint density at radius 1 is 1.18 bits per heavy atom. The number of aliphatic hydroxyl groups excluding tert-OH is 1. The molecule has 0 saturated heterocycles.